The number of aromatic nitrogens is 1. The molecule has 4 rings (SSSR count). The normalized spacial score (nSPS) is 12.5. The zero-order valence-electron chi connectivity index (χ0n) is 15.5. The Bertz CT molecular complexity index is 1210. The number of hydrogen-bond donors (Lipinski definition) is 3. The summed E-state index contributed by atoms with van der Waals surface area (Å²) in [6, 6.07) is 9.14. The summed E-state index contributed by atoms with van der Waals surface area (Å²) in [5.74, 6) is -0.322. The van der Waals surface area contributed by atoms with E-state index >= 15 is 0 Å². The second-order valence-corrected chi connectivity index (χ2v) is 6.80. The van der Waals surface area contributed by atoms with E-state index in [4.69, 9.17) is 13.9 Å². The number of aliphatic hydroxyl groups is 2. The van der Waals surface area contributed by atoms with Gasteiger partial charge in [-0.05, 0) is 30.7 Å². The van der Waals surface area contributed by atoms with Crippen molar-refractivity contribution in [2.24, 2.45) is 0 Å². The van der Waals surface area contributed by atoms with Gasteiger partial charge in [0.25, 0.3) is 0 Å². The molecule has 150 valence electrons. The topological polar surface area (TPSA) is 118 Å². The lowest BCUT2D eigenvalue weighted by Crippen LogP contribution is -2.34. The molecule has 0 spiro atoms. The Morgan fingerprint density at radius 1 is 1.17 bits per heavy atom. The quantitative estimate of drug-likeness (QED) is 0.410. The van der Waals surface area contributed by atoms with Crippen molar-refractivity contribution in [1.29, 1.82) is 0 Å². The Balaban J connectivity index is 1.60. The van der Waals surface area contributed by atoms with Crippen LogP contribution < -0.4 is 10.9 Å². The van der Waals surface area contributed by atoms with Gasteiger partial charge in [0.2, 0.25) is 5.91 Å². The molecule has 1 unspecified atom stereocenters. The number of benzene rings is 1. The lowest BCUT2D eigenvalue weighted by molar-refractivity contribution is -0.121. The van der Waals surface area contributed by atoms with Crippen LogP contribution in [-0.2, 0) is 11.2 Å². The number of furan rings is 1. The smallest absolute Gasteiger partial charge is 0.339 e. The summed E-state index contributed by atoms with van der Waals surface area (Å²) < 4.78 is 13.0. The first-order valence-corrected chi connectivity index (χ1v) is 9.22. The van der Waals surface area contributed by atoms with Crippen molar-refractivity contribution in [1.82, 2.24) is 9.88 Å². The van der Waals surface area contributed by atoms with Crippen LogP contribution >= 0.6 is 0 Å². The molecule has 0 aliphatic rings. The summed E-state index contributed by atoms with van der Waals surface area (Å²) in [6.07, 6.45) is 4.74. The molecule has 0 bridgehead atoms. The third-order valence-electron chi connectivity index (χ3n) is 4.73. The van der Waals surface area contributed by atoms with Gasteiger partial charge < -0.3 is 28.9 Å². The maximum atomic E-state index is 12.3. The molecule has 4 aromatic rings. The van der Waals surface area contributed by atoms with Crippen LogP contribution in [0, 0.1) is 0 Å². The summed E-state index contributed by atoms with van der Waals surface area (Å²) in [6.45, 7) is -0.468. The molecular formula is C21H20N2O6. The zero-order chi connectivity index (χ0) is 20.4. The molecule has 0 aliphatic heterocycles. The lowest BCUT2D eigenvalue weighted by Gasteiger charge is -2.08. The third-order valence-corrected chi connectivity index (χ3v) is 4.73. The number of nitrogens with zero attached hydrogens (tertiary/aromatic N) is 1. The SMILES string of the molecule is O=C(CCc1cc2cc3c(-n4cccc4)coc3cc2oc1=O)NCC(O)CO. The van der Waals surface area contributed by atoms with Gasteiger partial charge >= 0.3 is 5.63 Å². The molecule has 8 heteroatoms. The van der Waals surface area contributed by atoms with E-state index < -0.39 is 18.3 Å². The van der Waals surface area contributed by atoms with E-state index in [9.17, 15) is 14.7 Å². The monoisotopic (exact) mass is 396 g/mol. The first-order valence-electron chi connectivity index (χ1n) is 9.22. The van der Waals surface area contributed by atoms with Crippen molar-refractivity contribution in [2.45, 2.75) is 18.9 Å². The van der Waals surface area contributed by atoms with Crippen LogP contribution in [0.2, 0.25) is 0 Å². The maximum Gasteiger partial charge on any atom is 0.339 e. The first kappa shape index (κ1) is 19.0. The molecule has 3 N–H and O–H groups in total. The van der Waals surface area contributed by atoms with Gasteiger partial charge in [0.1, 0.15) is 17.4 Å². The molecule has 0 saturated carbocycles. The number of aryl methyl sites for hydroxylation is 1. The predicted octanol–water partition coefficient (Wildman–Crippen LogP) is 1.73. The van der Waals surface area contributed by atoms with Gasteiger partial charge in [-0.3, -0.25) is 4.79 Å². The average Bonchev–Trinajstić information content (AvgIpc) is 3.38. The van der Waals surface area contributed by atoms with Crippen molar-refractivity contribution in [3.63, 3.8) is 0 Å². The Labute approximate surface area is 165 Å². The zero-order valence-corrected chi connectivity index (χ0v) is 15.5. The molecule has 1 aromatic carbocycles. The number of fused-ring (bicyclic) bond motifs is 2. The highest BCUT2D eigenvalue weighted by atomic mass is 16.4. The minimum atomic E-state index is -1.00. The average molecular weight is 396 g/mol. The minimum Gasteiger partial charge on any atom is -0.462 e. The fraction of sp³-hybridized carbons (Fsp3) is 0.238. The Morgan fingerprint density at radius 3 is 2.72 bits per heavy atom. The van der Waals surface area contributed by atoms with Crippen LogP contribution in [0.5, 0.6) is 0 Å². The molecule has 0 radical (unpaired) electrons. The molecule has 1 atom stereocenters. The summed E-state index contributed by atoms with van der Waals surface area (Å²) in [4.78, 5) is 24.2. The molecule has 3 heterocycles. The van der Waals surface area contributed by atoms with Gasteiger partial charge in [-0.2, -0.15) is 0 Å². The molecule has 29 heavy (non-hydrogen) atoms. The van der Waals surface area contributed by atoms with E-state index in [2.05, 4.69) is 5.32 Å². The number of hydrogen-bond acceptors (Lipinski definition) is 6. The molecular weight excluding hydrogens is 376 g/mol. The summed E-state index contributed by atoms with van der Waals surface area (Å²) >= 11 is 0. The van der Waals surface area contributed by atoms with Gasteiger partial charge in [0.15, 0.2) is 0 Å². The van der Waals surface area contributed by atoms with E-state index in [0.29, 0.717) is 16.7 Å². The predicted molar refractivity (Wildman–Crippen MR) is 106 cm³/mol. The largest absolute Gasteiger partial charge is 0.462 e. The number of carbonyl (C=O) groups is 1. The highest BCUT2D eigenvalue weighted by Gasteiger charge is 2.13. The van der Waals surface area contributed by atoms with Crippen LogP contribution in [0.3, 0.4) is 0 Å². The van der Waals surface area contributed by atoms with Gasteiger partial charge in [0, 0.05) is 47.8 Å². The summed E-state index contributed by atoms with van der Waals surface area (Å²) in [5, 5.41) is 22.2. The van der Waals surface area contributed by atoms with Crippen LogP contribution in [0.1, 0.15) is 12.0 Å². The Kier molecular flexibility index (Phi) is 5.20. The van der Waals surface area contributed by atoms with Crippen LogP contribution in [0.15, 0.2) is 62.6 Å². The standard InChI is InChI=1S/C21H20N2O6/c24-11-15(25)10-22-20(26)4-3-13-7-14-8-16-17(23-5-1-2-6-23)12-28-19(16)9-18(14)29-21(13)27/h1-2,5-9,12,15,24-25H,3-4,10-11H2,(H,22,26). The van der Waals surface area contributed by atoms with E-state index in [0.717, 1.165) is 16.5 Å². The van der Waals surface area contributed by atoms with E-state index in [-0.39, 0.29) is 25.3 Å². The second-order valence-electron chi connectivity index (χ2n) is 6.80. The van der Waals surface area contributed by atoms with Gasteiger partial charge in [-0.15, -0.1) is 0 Å². The molecule has 0 fully saturated rings. The lowest BCUT2D eigenvalue weighted by atomic mass is 10.1. The number of carbonyl (C=O) groups excluding carboxylic acids is 1. The Hall–Kier alpha value is -3.36. The second kappa shape index (κ2) is 7.94. The number of aliphatic hydroxyl groups excluding tert-OH is 2. The third kappa shape index (κ3) is 3.94. The fourth-order valence-electron chi connectivity index (χ4n) is 3.17. The molecule has 0 aliphatic carbocycles. The van der Waals surface area contributed by atoms with Gasteiger partial charge in [-0.25, -0.2) is 4.79 Å². The number of nitrogens with one attached hydrogen (secondary N) is 1. The molecule has 0 saturated heterocycles. The fourth-order valence-corrected chi connectivity index (χ4v) is 3.17. The van der Waals surface area contributed by atoms with Crippen molar-refractivity contribution >= 4 is 27.8 Å². The van der Waals surface area contributed by atoms with E-state index in [1.165, 1.54) is 0 Å². The van der Waals surface area contributed by atoms with Gasteiger partial charge in [0.05, 0.1) is 18.4 Å². The Morgan fingerprint density at radius 2 is 1.97 bits per heavy atom. The van der Waals surface area contributed by atoms with Gasteiger partial charge in [-0.1, -0.05) is 0 Å². The van der Waals surface area contributed by atoms with E-state index in [1.807, 2.05) is 35.2 Å². The van der Waals surface area contributed by atoms with E-state index in [1.54, 1.807) is 18.4 Å². The van der Waals surface area contributed by atoms with Crippen LogP contribution in [0.4, 0.5) is 0 Å². The number of amides is 1. The number of rotatable bonds is 7. The van der Waals surface area contributed by atoms with Crippen molar-refractivity contribution in [3.8, 4) is 5.69 Å². The van der Waals surface area contributed by atoms with Crippen LogP contribution in [-0.4, -0.2) is 39.9 Å². The minimum absolute atomic E-state index is 0.0394. The first-order chi connectivity index (χ1) is 14.0. The molecule has 8 nitrogen and oxygen atoms in total. The summed E-state index contributed by atoms with van der Waals surface area (Å²) in [7, 11) is 0. The summed E-state index contributed by atoms with van der Waals surface area (Å²) in [5.41, 5.74) is 1.79. The van der Waals surface area contributed by atoms with Crippen molar-refractivity contribution in [3.05, 3.63) is 65.0 Å². The maximum absolute atomic E-state index is 12.3. The van der Waals surface area contributed by atoms with Crippen molar-refractivity contribution < 1.29 is 23.8 Å². The molecule has 3 aromatic heterocycles. The van der Waals surface area contributed by atoms with Crippen LogP contribution in [0.25, 0.3) is 27.6 Å². The highest BCUT2D eigenvalue weighted by molar-refractivity contribution is 5.97. The highest BCUT2D eigenvalue weighted by Crippen LogP contribution is 2.29. The van der Waals surface area contributed by atoms with Crippen molar-refractivity contribution in [2.75, 3.05) is 13.2 Å². The molecule has 1 amide bonds.